The molecule has 0 atom stereocenters. The van der Waals surface area contributed by atoms with Gasteiger partial charge in [0.05, 0.1) is 5.69 Å². The number of aryl methyl sites for hydroxylation is 2. The Hall–Kier alpha value is -1.26. The van der Waals surface area contributed by atoms with E-state index in [1.807, 2.05) is 11.7 Å². The Morgan fingerprint density at radius 3 is 2.33 bits per heavy atom. The minimum absolute atomic E-state index is 0.191. The molecule has 0 fully saturated rings. The largest absolute Gasteiger partial charge is 0.330 e. The molecule has 0 aliphatic carbocycles. The minimum atomic E-state index is 0.191. The van der Waals surface area contributed by atoms with Gasteiger partial charge < -0.3 is 5.73 Å². The summed E-state index contributed by atoms with van der Waals surface area (Å²) in [4.78, 5) is 1.24. The Morgan fingerprint density at radius 1 is 1.19 bits per heavy atom. The lowest BCUT2D eigenvalue weighted by Gasteiger charge is -2.19. The van der Waals surface area contributed by atoms with Gasteiger partial charge in [0.15, 0.2) is 0 Å². The zero-order valence-electron chi connectivity index (χ0n) is 13.6. The molecule has 0 spiro atoms. The summed E-state index contributed by atoms with van der Waals surface area (Å²) in [5.41, 5.74) is 9.62. The maximum Gasteiger partial charge on any atom is 0.102 e. The quantitative estimate of drug-likeness (QED) is 0.937. The fourth-order valence-electron chi connectivity index (χ4n) is 2.38. The van der Waals surface area contributed by atoms with E-state index in [0.29, 0.717) is 6.54 Å². The van der Waals surface area contributed by atoms with Crippen molar-refractivity contribution < 1.29 is 0 Å². The molecule has 0 amide bonds. The molecule has 1 aromatic carbocycles. The normalized spacial score (nSPS) is 11.9. The summed E-state index contributed by atoms with van der Waals surface area (Å²) >= 11 is 1.77. The third-order valence-corrected chi connectivity index (χ3v) is 4.83. The van der Waals surface area contributed by atoms with E-state index in [4.69, 9.17) is 5.73 Å². The maximum absolute atomic E-state index is 5.72. The van der Waals surface area contributed by atoms with Crippen molar-refractivity contribution in [2.45, 2.75) is 49.5 Å². The van der Waals surface area contributed by atoms with Crippen molar-refractivity contribution in [3.63, 3.8) is 0 Å². The Kier molecular flexibility index (Phi) is 4.79. The number of nitrogens with zero attached hydrogens (tertiary/aromatic N) is 2. The van der Waals surface area contributed by atoms with Gasteiger partial charge >= 0.3 is 0 Å². The first kappa shape index (κ1) is 16.1. The highest BCUT2D eigenvalue weighted by Crippen LogP contribution is 2.33. The summed E-state index contributed by atoms with van der Waals surface area (Å²) in [5.74, 6) is 0. The van der Waals surface area contributed by atoms with E-state index >= 15 is 0 Å². The molecular weight excluding hydrogens is 278 g/mol. The van der Waals surface area contributed by atoms with Gasteiger partial charge in [-0.2, -0.15) is 5.10 Å². The number of rotatable bonds is 4. The SMILES string of the molecule is Cc1nn(C)c(Sc2ccc(C(C)(C)C)cc2)c1CCN. The highest BCUT2D eigenvalue weighted by Gasteiger charge is 2.16. The fourth-order valence-corrected chi connectivity index (χ4v) is 3.42. The number of benzene rings is 1. The van der Waals surface area contributed by atoms with Gasteiger partial charge in [0.1, 0.15) is 5.03 Å². The molecule has 0 aliphatic heterocycles. The second kappa shape index (κ2) is 6.24. The van der Waals surface area contributed by atoms with Crippen LogP contribution in [0.5, 0.6) is 0 Å². The van der Waals surface area contributed by atoms with Crippen molar-refractivity contribution in [3.05, 3.63) is 41.1 Å². The second-order valence-corrected chi connectivity index (χ2v) is 7.47. The molecule has 2 aromatic rings. The van der Waals surface area contributed by atoms with Gasteiger partial charge in [0, 0.05) is 17.5 Å². The Labute approximate surface area is 131 Å². The lowest BCUT2D eigenvalue weighted by molar-refractivity contribution is 0.589. The molecule has 0 saturated heterocycles. The first-order valence-electron chi connectivity index (χ1n) is 7.34. The Morgan fingerprint density at radius 2 is 1.81 bits per heavy atom. The average molecular weight is 303 g/mol. The van der Waals surface area contributed by atoms with Gasteiger partial charge in [-0.25, -0.2) is 0 Å². The molecule has 1 aromatic heterocycles. The van der Waals surface area contributed by atoms with Crippen molar-refractivity contribution in [1.29, 1.82) is 0 Å². The van der Waals surface area contributed by atoms with Crippen LogP contribution < -0.4 is 5.73 Å². The summed E-state index contributed by atoms with van der Waals surface area (Å²) < 4.78 is 1.96. The average Bonchev–Trinajstić information content (AvgIpc) is 2.66. The third-order valence-electron chi connectivity index (χ3n) is 3.62. The molecule has 0 bridgehead atoms. The summed E-state index contributed by atoms with van der Waals surface area (Å²) in [7, 11) is 2.00. The highest BCUT2D eigenvalue weighted by atomic mass is 32.2. The molecule has 114 valence electrons. The molecule has 2 N–H and O–H groups in total. The van der Waals surface area contributed by atoms with E-state index < -0.39 is 0 Å². The van der Waals surface area contributed by atoms with E-state index in [1.54, 1.807) is 11.8 Å². The van der Waals surface area contributed by atoms with Gasteiger partial charge in [-0.1, -0.05) is 44.7 Å². The molecule has 0 unspecified atom stereocenters. The summed E-state index contributed by atoms with van der Waals surface area (Å²) in [5, 5.41) is 5.72. The van der Waals surface area contributed by atoms with Gasteiger partial charge in [-0.15, -0.1) is 0 Å². The van der Waals surface area contributed by atoms with Crippen molar-refractivity contribution in [1.82, 2.24) is 9.78 Å². The van der Waals surface area contributed by atoms with E-state index in [-0.39, 0.29) is 5.41 Å². The molecule has 0 aliphatic rings. The summed E-state index contributed by atoms with van der Waals surface area (Å²) in [6, 6.07) is 8.82. The van der Waals surface area contributed by atoms with Crippen LogP contribution in [0.1, 0.15) is 37.6 Å². The third kappa shape index (κ3) is 3.69. The minimum Gasteiger partial charge on any atom is -0.330 e. The van der Waals surface area contributed by atoms with Gasteiger partial charge in [0.25, 0.3) is 0 Å². The van der Waals surface area contributed by atoms with Crippen LogP contribution in [-0.4, -0.2) is 16.3 Å². The highest BCUT2D eigenvalue weighted by molar-refractivity contribution is 7.99. The summed E-state index contributed by atoms with van der Waals surface area (Å²) in [6.45, 7) is 9.41. The van der Waals surface area contributed by atoms with Crippen LogP contribution in [0.2, 0.25) is 0 Å². The maximum atomic E-state index is 5.72. The topological polar surface area (TPSA) is 43.8 Å². The van der Waals surface area contributed by atoms with Gasteiger partial charge in [-0.05, 0) is 43.0 Å². The van der Waals surface area contributed by atoms with Gasteiger partial charge in [0.2, 0.25) is 0 Å². The predicted molar refractivity (Wildman–Crippen MR) is 90.0 cm³/mol. The molecule has 3 nitrogen and oxygen atoms in total. The van der Waals surface area contributed by atoms with Crippen LogP contribution in [0.4, 0.5) is 0 Å². The molecule has 21 heavy (non-hydrogen) atoms. The molecule has 0 saturated carbocycles. The lowest BCUT2D eigenvalue weighted by Crippen LogP contribution is -2.10. The number of nitrogens with two attached hydrogens (primary N) is 1. The number of aromatic nitrogens is 2. The van der Waals surface area contributed by atoms with Crippen LogP contribution in [0.25, 0.3) is 0 Å². The van der Waals surface area contributed by atoms with E-state index in [0.717, 1.165) is 12.1 Å². The van der Waals surface area contributed by atoms with Crippen LogP contribution in [-0.2, 0) is 18.9 Å². The molecular formula is C17H25N3S. The van der Waals surface area contributed by atoms with Crippen LogP contribution in [0, 0.1) is 6.92 Å². The Bertz CT molecular complexity index is 606. The Balaban J connectivity index is 2.26. The monoisotopic (exact) mass is 303 g/mol. The van der Waals surface area contributed by atoms with Crippen molar-refractivity contribution >= 4 is 11.8 Å². The van der Waals surface area contributed by atoms with E-state index in [9.17, 15) is 0 Å². The summed E-state index contributed by atoms with van der Waals surface area (Å²) in [6.07, 6.45) is 0.877. The number of hydrogen-bond acceptors (Lipinski definition) is 3. The molecule has 1 heterocycles. The molecule has 0 radical (unpaired) electrons. The first-order chi connectivity index (χ1) is 9.82. The molecule has 4 heteroatoms. The number of hydrogen-bond donors (Lipinski definition) is 1. The van der Waals surface area contributed by atoms with Crippen LogP contribution in [0.15, 0.2) is 34.2 Å². The predicted octanol–water partition coefficient (Wildman–Crippen LogP) is 3.68. The molecule has 2 rings (SSSR count). The smallest absolute Gasteiger partial charge is 0.102 e. The van der Waals surface area contributed by atoms with E-state index in [2.05, 4.69) is 57.1 Å². The zero-order valence-corrected chi connectivity index (χ0v) is 14.4. The standard InChI is InChI=1S/C17H25N3S/c1-12-15(10-11-18)16(20(5)19-12)21-14-8-6-13(7-9-14)17(2,3)4/h6-9H,10-11,18H2,1-5H3. The fraction of sp³-hybridized carbons (Fsp3) is 0.471. The van der Waals surface area contributed by atoms with Gasteiger partial charge in [-0.3, -0.25) is 4.68 Å². The van der Waals surface area contributed by atoms with Crippen LogP contribution >= 0.6 is 11.8 Å². The van der Waals surface area contributed by atoms with Crippen molar-refractivity contribution in [2.75, 3.05) is 6.54 Å². The van der Waals surface area contributed by atoms with Crippen molar-refractivity contribution in [3.8, 4) is 0 Å². The second-order valence-electron chi connectivity index (χ2n) is 6.41. The lowest BCUT2D eigenvalue weighted by atomic mass is 9.87. The zero-order chi connectivity index (χ0) is 15.6. The van der Waals surface area contributed by atoms with Crippen molar-refractivity contribution in [2.24, 2.45) is 12.8 Å². The van der Waals surface area contributed by atoms with Crippen LogP contribution in [0.3, 0.4) is 0 Å². The van der Waals surface area contributed by atoms with E-state index in [1.165, 1.54) is 21.0 Å². The first-order valence-corrected chi connectivity index (χ1v) is 8.15.